The summed E-state index contributed by atoms with van der Waals surface area (Å²) in [6.45, 7) is 4.58. The second kappa shape index (κ2) is 6.65. The molecule has 0 unspecified atom stereocenters. The molecule has 0 aliphatic heterocycles. The molecule has 1 heteroatoms. The van der Waals surface area contributed by atoms with Gasteiger partial charge in [0, 0.05) is 5.56 Å². The third kappa shape index (κ3) is 3.64. The molecule has 0 aromatic heterocycles. The molecule has 0 fully saturated rings. The Kier molecular flexibility index (Phi) is 4.89. The summed E-state index contributed by atoms with van der Waals surface area (Å²) in [5.74, 6) is 3.22. The van der Waals surface area contributed by atoms with Gasteiger partial charge in [0.1, 0.15) is 11.5 Å². The molecule has 0 spiro atoms. The molecule has 0 bridgehead atoms. The highest BCUT2D eigenvalue weighted by Gasteiger charge is 2.08. The first-order valence-corrected chi connectivity index (χ1v) is 7.80. The predicted molar refractivity (Wildman–Crippen MR) is 84.0 cm³/mol. The summed E-state index contributed by atoms with van der Waals surface area (Å²) in [6.07, 6.45) is 0. The van der Waals surface area contributed by atoms with Crippen LogP contribution in [0.2, 0.25) is 0 Å². The molecule has 2 rings (SSSR count). The van der Waals surface area contributed by atoms with E-state index in [-0.39, 0.29) is 0 Å². The van der Waals surface area contributed by atoms with E-state index >= 15 is 0 Å². The summed E-state index contributed by atoms with van der Waals surface area (Å²) < 4.78 is 0. The molecule has 0 saturated heterocycles. The van der Waals surface area contributed by atoms with Gasteiger partial charge in [-0.2, -0.15) is 0 Å². The molecule has 0 heterocycles. The van der Waals surface area contributed by atoms with Crippen LogP contribution in [0.5, 0.6) is 0 Å². The Morgan fingerprint density at radius 3 is 2.28 bits per heavy atom. The molecular formula is C17H21S+. The minimum absolute atomic E-state index is 0.788. The first-order valence-electron chi connectivity index (χ1n) is 6.54. The summed E-state index contributed by atoms with van der Waals surface area (Å²) in [5.41, 5.74) is 4.17. The lowest BCUT2D eigenvalue weighted by Gasteiger charge is -2.07. The average molecular weight is 257 g/mol. The maximum absolute atomic E-state index is 2.29. The summed E-state index contributed by atoms with van der Waals surface area (Å²) >= 11 is 1.53. The summed E-state index contributed by atoms with van der Waals surface area (Å²) in [6, 6.07) is 19.4. The normalized spacial score (nSPS) is 10.8. The van der Waals surface area contributed by atoms with Crippen molar-refractivity contribution < 1.29 is 0 Å². The van der Waals surface area contributed by atoms with Crippen LogP contribution in [-0.2, 0) is 17.5 Å². The monoisotopic (exact) mass is 257 g/mol. The Morgan fingerprint density at radius 2 is 1.56 bits per heavy atom. The minimum Gasteiger partial charge on any atom is -0.0622 e. The Labute approximate surface area is 114 Å². The summed E-state index contributed by atoms with van der Waals surface area (Å²) in [7, 11) is 0. The lowest BCUT2D eigenvalue weighted by atomic mass is 10.0. The van der Waals surface area contributed by atoms with Gasteiger partial charge in [-0.15, -0.1) is 0 Å². The van der Waals surface area contributed by atoms with E-state index in [1.807, 2.05) is 0 Å². The highest BCUT2D eigenvalue weighted by atomic mass is 32.2. The Hall–Kier alpha value is -1.21. The van der Waals surface area contributed by atoms with Crippen LogP contribution < -0.4 is 0 Å². The Balaban J connectivity index is 2.16. The van der Waals surface area contributed by atoms with E-state index < -0.39 is 0 Å². The molecule has 0 saturated carbocycles. The minimum atomic E-state index is 0.788. The van der Waals surface area contributed by atoms with Crippen LogP contribution in [0.1, 0.15) is 19.4 Å². The predicted octanol–water partition coefficient (Wildman–Crippen LogP) is 4.32. The fraction of sp³-hybridized carbons (Fsp3) is 0.294. The second-order valence-electron chi connectivity index (χ2n) is 4.98. The molecule has 0 aliphatic rings. The van der Waals surface area contributed by atoms with E-state index in [0.717, 1.165) is 11.7 Å². The van der Waals surface area contributed by atoms with Gasteiger partial charge in [-0.1, -0.05) is 68.4 Å². The molecule has 0 aliphatic carbocycles. The van der Waals surface area contributed by atoms with E-state index in [9.17, 15) is 0 Å². The van der Waals surface area contributed by atoms with Crippen molar-refractivity contribution in [2.45, 2.75) is 19.6 Å². The van der Waals surface area contributed by atoms with Gasteiger partial charge in [-0.25, -0.2) is 0 Å². The number of rotatable bonds is 5. The van der Waals surface area contributed by atoms with Gasteiger partial charge < -0.3 is 0 Å². The highest BCUT2D eigenvalue weighted by molar-refractivity contribution is 7.77. The van der Waals surface area contributed by atoms with Gasteiger partial charge in [-0.3, -0.25) is 0 Å². The molecule has 2 aromatic rings. The van der Waals surface area contributed by atoms with Crippen molar-refractivity contribution in [1.82, 2.24) is 0 Å². The quantitative estimate of drug-likeness (QED) is 0.552. The van der Waals surface area contributed by atoms with Crippen molar-refractivity contribution in [2.24, 2.45) is 5.92 Å². The van der Waals surface area contributed by atoms with E-state index in [4.69, 9.17) is 0 Å². The van der Waals surface area contributed by atoms with Crippen LogP contribution in [0.3, 0.4) is 0 Å². The van der Waals surface area contributed by atoms with Crippen LogP contribution in [0.15, 0.2) is 54.6 Å². The van der Waals surface area contributed by atoms with E-state index in [1.54, 1.807) is 0 Å². The van der Waals surface area contributed by atoms with Gasteiger partial charge in [-0.05, 0) is 28.8 Å². The largest absolute Gasteiger partial charge is 0.131 e. The van der Waals surface area contributed by atoms with Crippen molar-refractivity contribution in [2.75, 3.05) is 5.75 Å². The molecule has 0 nitrogen and oxygen atoms in total. The van der Waals surface area contributed by atoms with Crippen molar-refractivity contribution in [3.8, 4) is 11.1 Å². The molecular weight excluding hydrogens is 236 g/mol. The fourth-order valence-electron chi connectivity index (χ4n) is 2.00. The number of thiol groups is 1. The maximum atomic E-state index is 2.29. The Morgan fingerprint density at radius 1 is 0.889 bits per heavy atom. The lowest BCUT2D eigenvalue weighted by Crippen LogP contribution is -2.01. The maximum Gasteiger partial charge on any atom is 0.131 e. The smallest absolute Gasteiger partial charge is 0.0622 e. The average Bonchev–Trinajstić information content (AvgIpc) is 2.40. The summed E-state index contributed by atoms with van der Waals surface area (Å²) in [5, 5.41) is 0. The van der Waals surface area contributed by atoms with E-state index in [1.165, 1.54) is 34.2 Å². The van der Waals surface area contributed by atoms with Gasteiger partial charge in [0.05, 0.1) is 0 Å². The van der Waals surface area contributed by atoms with Gasteiger partial charge in [0.15, 0.2) is 0 Å². The fourth-order valence-corrected chi connectivity index (χ4v) is 3.16. The molecule has 0 N–H and O–H groups in total. The van der Waals surface area contributed by atoms with Crippen LogP contribution in [0.25, 0.3) is 11.1 Å². The summed E-state index contributed by atoms with van der Waals surface area (Å²) in [4.78, 5) is 0. The van der Waals surface area contributed by atoms with Crippen molar-refractivity contribution in [1.29, 1.82) is 0 Å². The molecule has 18 heavy (non-hydrogen) atoms. The van der Waals surface area contributed by atoms with Crippen LogP contribution in [0.4, 0.5) is 0 Å². The highest BCUT2D eigenvalue weighted by Crippen LogP contribution is 2.24. The van der Waals surface area contributed by atoms with E-state index in [2.05, 4.69) is 68.4 Å². The number of hydrogen-bond acceptors (Lipinski definition) is 0. The first-order chi connectivity index (χ1) is 8.77. The van der Waals surface area contributed by atoms with Crippen molar-refractivity contribution in [3.63, 3.8) is 0 Å². The SMILES string of the molecule is CC(C)C[SH+]Cc1ccccc1-c1ccccc1. The van der Waals surface area contributed by atoms with Crippen LogP contribution in [0, 0.1) is 5.92 Å². The Bertz CT molecular complexity index is 474. The molecule has 0 radical (unpaired) electrons. The van der Waals surface area contributed by atoms with Crippen molar-refractivity contribution in [3.05, 3.63) is 60.2 Å². The van der Waals surface area contributed by atoms with Crippen molar-refractivity contribution >= 4 is 11.8 Å². The first kappa shape index (κ1) is 13.2. The molecule has 2 aromatic carbocycles. The molecule has 0 amide bonds. The topological polar surface area (TPSA) is 0 Å². The second-order valence-corrected chi connectivity index (χ2v) is 6.11. The standard InChI is InChI=1S/C17H20S/c1-14(2)12-18-13-16-10-6-7-11-17(16)15-8-4-3-5-9-15/h3-11,14H,12-13H2,1-2H3/p+1. The lowest BCUT2D eigenvalue weighted by molar-refractivity contribution is 0.749. The zero-order chi connectivity index (χ0) is 12.8. The molecule has 94 valence electrons. The zero-order valence-corrected chi connectivity index (χ0v) is 12.0. The van der Waals surface area contributed by atoms with Crippen LogP contribution >= 0.6 is 0 Å². The number of benzene rings is 2. The number of hydrogen-bond donors (Lipinski definition) is 0. The van der Waals surface area contributed by atoms with Gasteiger partial charge in [0.25, 0.3) is 0 Å². The zero-order valence-electron chi connectivity index (χ0n) is 11.1. The van der Waals surface area contributed by atoms with Gasteiger partial charge in [0.2, 0.25) is 0 Å². The van der Waals surface area contributed by atoms with E-state index in [0.29, 0.717) is 0 Å². The third-order valence-corrected chi connectivity index (χ3v) is 4.43. The third-order valence-electron chi connectivity index (χ3n) is 2.88. The molecule has 0 atom stereocenters. The van der Waals surface area contributed by atoms with Gasteiger partial charge >= 0.3 is 0 Å². The van der Waals surface area contributed by atoms with Crippen LogP contribution in [-0.4, -0.2) is 5.75 Å².